The van der Waals surface area contributed by atoms with Crippen molar-refractivity contribution in [2.75, 3.05) is 18.4 Å². The number of carbonyl (C=O) groups excluding carboxylic acids is 1. The average Bonchev–Trinajstić information content (AvgIpc) is 3.38. The van der Waals surface area contributed by atoms with Crippen LogP contribution in [-0.4, -0.2) is 39.1 Å². The van der Waals surface area contributed by atoms with Gasteiger partial charge in [0.1, 0.15) is 0 Å². The van der Waals surface area contributed by atoms with Gasteiger partial charge < -0.3 is 9.73 Å². The average molecular weight is 412 g/mol. The number of likely N-dealkylation sites (tertiary alicyclic amines) is 1. The van der Waals surface area contributed by atoms with Gasteiger partial charge in [-0.3, -0.25) is 9.69 Å². The monoisotopic (exact) mass is 411 g/mol. The molecule has 1 N–H and O–H groups in total. The highest BCUT2D eigenvalue weighted by atomic mass is 32.1. The summed E-state index contributed by atoms with van der Waals surface area (Å²) in [5, 5.41) is 13.6. The van der Waals surface area contributed by atoms with E-state index < -0.39 is 0 Å². The Balaban J connectivity index is 1.24. The summed E-state index contributed by atoms with van der Waals surface area (Å²) in [6.07, 6.45) is 3.16. The number of hydrogen-bond acceptors (Lipinski definition) is 7. The third kappa shape index (κ3) is 5.48. The second-order valence-corrected chi connectivity index (χ2v) is 8.38. The quantitative estimate of drug-likeness (QED) is 0.633. The maximum absolute atomic E-state index is 12.3. The smallest absolute Gasteiger partial charge is 0.247 e. The van der Waals surface area contributed by atoms with Gasteiger partial charge in [-0.2, -0.15) is 0 Å². The molecule has 1 aliphatic heterocycles. The number of rotatable bonds is 7. The Hall–Kier alpha value is -2.58. The predicted octanol–water partition coefficient (Wildman–Crippen LogP) is 4.00. The van der Waals surface area contributed by atoms with Gasteiger partial charge in [0.05, 0.1) is 5.69 Å². The number of nitrogens with zero attached hydrogens (tertiary/aromatic N) is 4. The van der Waals surface area contributed by atoms with Crippen LogP contribution in [0, 0.1) is 5.92 Å². The maximum Gasteiger partial charge on any atom is 0.247 e. The topological polar surface area (TPSA) is 84.2 Å². The van der Waals surface area contributed by atoms with Crippen molar-refractivity contribution >= 4 is 22.4 Å². The number of benzene rings is 1. The van der Waals surface area contributed by atoms with E-state index in [4.69, 9.17) is 4.42 Å². The molecule has 0 unspecified atom stereocenters. The molecule has 0 spiro atoms. The van der Waals surface area contributed by atoms with Crippen molar-refractivity contribution in [3.63, 3.8) is 0 Å². The van der Waals surface area contributed by atoms with Gasteiger partial charge in [-0.1, -0.05) is 25.1 Å². The maximum atomic E-state index is 12.3. The summed E-state index contributed by atoms with van der Waals surface area (Å²) in [6, 6.07) is 9.59. The lowest BCUT2D eigenvalue weighted by atomic mass is 9.99. The zero-order valence-electron chi connectivity index (χ0n) is 16.5. The molecule has 0 saturated carbocycles. The Labute approximate surface area is 174 Å². The van der Waals surface area contributed by atoms with E-state index in [9.17, 15) is 4.79 Å². The highest BCUT2D eigenvalue weighted by molar-refractivity contribution is 7.13. The van der Waals surface area contributed by atoms with Gasteiger partial charge in [0.2, 0.25) is 17.7 Å². The fourth-order valence-corrected chi connectivity index (χ4v) is 4.06. The van der Waals surface area contributed by atoms with Crippen molar-refractivity contribution in [1.82, 2.24) is 20.1 Å². The summed E-state index contributed by atoms with van der Waals surface area (Å²) in [5.41, 5.74) is 1.89. The third-order valence-electron chi connectivity index (χ3n) is 5.11. The molecule has 152 valence electrons. The molecule has 0 radical (unpaired) electrons. The first-order valence-corrected chi connectivity index (χ1v) is 10.9. The second-order valence-electron chi connectivity index (χ2n) is 7.52. The minimum Gasteiger partial charge on any atom is -0.421 e. The zero-order valence-corrected chi connectivity index (χ0v) is 17.3. The Morgan fingerprint density at radius 1 is 1.24 bits per heavy atom. The molecule has 4 rings (SSSR count). The van der Waals surface area contributed by atoms with Crippen molar-refractivity contribution < 1.29 is 9.21 Å². The van der Waals surface area contributed by atoms with E-state index in [2.05, 4.69) is 32.3 Å². The van der Waals surface area contributed by atoms with E-state index in [-0.39, 0.29) is 12.3 Å². The normalized spacial score (nSPS) is 15.5. The number of anilines is 1. The SMILES string of the molecule is CC1CCN(Cc2csc(NC(=O)CCc3nnc(-c4ccccc4)o3)n2)CC1. The first-order chi connectivity index (χ1) is 14.2. The molecule has 3 aromatic rings. The van der Waals surface area contributed by atoms with Crippen LogP contribution >= 0.6 is 11.3 Å². The molecule has 8 heteroatoms. The molecule has 2 aromatic heterocycles. The van der Waals surface area contributed by atoms with Gasteiger partial charge in [-0.05, 0) is 44.0 Å². The molecule has 3 heterocycles. The highest BCUT2D eigenvalue weighted by Gasteiger charge is 2.17. The van der Waals surface area contributed by atoms with Crippen LogP contribution in [0.1, 0.15) is 37.8 Å². The Morgan fingerprint density at radius 2 is 2.03 bits per heavy atom. The molecule has 1 aliphatic rings. The van der Waals surface area contributed by atoms with Crippen LogP contribution in [0.5, 0.6) is 0 Å². The van der Waals surface area contributed by atoms with E-state index in [0.29, 0.717) is 23.3 Å². The molecule has 0 aliphatic carbocycles. The molecule has 0 atom stereocenters. The number of aromatic nitrogens is 3. The zero-order chi connectivity index (χ0) is 20.1. The lowest BCUT2D eigenvalue weighted by Gasteiger charge is -2.29. The van der Waals surface area contributed by atoms with Gasteiger partial charge >= 0.3 is 0 Å². The van der Waals surface area contributed by atoms with E-state index in [1.807, 2.05) is 35.7 Å². The van der Waals surface area contributed by atoms with Gasteiger partial charge in [-0.15, -0.1) is 21.5 Å². The van der Waals surface area contributed by atoms with Gasteiger partial charge in [0, 0.05) is 30.3 Å². The largest absolute Gasteiger partial charge is 0.421 e. The van der Waals surface area contributed by atoms with Crippen LogP contribution in [0.2, 0.25) is 0 Å². The number of piperidine rings is 1. The standard InChI is InChI=1S/C21H25N5O2S/c1-15-9-11-26(12-10-15)13-17-14-29-21(22-17)23-18(27)7-8-19-24-25-20(28-19)16-5-3-2-4-6-16/h2-6,14-15H,7-13H2,1H3,(H,22,23,27). The van der Waals surface area contributed by atoms with Crippen LogP contribution in [0.15, 0.2) is 40.1 Å². The Morgan fingerprint density at radius 3 is 2.83 bits per heavy atom. The number of carbonyl (C=O) groups is 1. The Kier molecular flexibility index (Phi) is 6.31. The molecular weight excluding hydrogens is 386 g/mol. The number of aryl methyl sites for hydroxylation is 1. The molecule has 1 aromatic carbocycles. The Bertz CT molecular complexity index is 931. The number of amides is 1. The van der Waals surface area contributed by atoms with Crippen LogP contribution in [0.25, 0.3) is 11.5 Å². The lowest BCUT2D eigenvalue weighted by molar-refractivity contribution is -0.116. The summed E-state index contributed by atoms with van der Waals surface area (Å²) in [6.45, 7) is 5.40. The minimum absolute atomic E-state index is 0.0999. The van der Waals surface area contributed by atoms with Crippen molar-refractivity contribution in [3.05, 3.63) is 47.3 Å². The van der Waals surface area contributed by atoms with Crippen molar-refractivity contribution in [1.29, 1.82) is 0 Å². The van der Waals surface area contributed by atoms with Crippen molar-refractivity contribution in [2.45, 2.75) is 39.2 Å². The van der Waals surface area contributed by atoms with E-state index >= 15 is 0 Å². The van der Waals surface area contributed by atoms with Crippen molar-refractivity contribution in [2.24, 2.45) is 5.92 Å². The molecule has 1 fully saturated rings. The highest BCUT2D eigenvalue weighted by Crippen LogP contribution is 2.21. The van der Waals surface area contributed by atoms with E-state index in [0.717, 1.165) is 36.8 Å². The van der Waals surface area contributed by atoms with E-state index in [1.54, 1.807) is 0 Å². The first kappa shape index (κ1) is 19.7. The fourth-order valence-electron chi connectivity index (χ4n) is 3.34. The second kappa shape index (κ2) is 9.28. The first-order valence-electron chi connectivity index (χ1n) is 10.00. The van der Waals surface area contributed by atoms with Crippen LogP contribution in [-0.2, 0) is 17.8 Å². The van der Waals surface area contributed by atoms with Gasteiger partial charge in [0.15, 0.2) is 5.13 Å². The fraction of sp³-hybridized carbons (Fsp3) is 0.429. The summed E-state index contributed by atoms with van der Waals surface area (Å²) in [4.78, 5) is 19.2. The number of hydrogen-bond donors (Lipinski definition) is 1. The molecule has 7 nitrogen and oxygen atoms in total. The minimum atomic E-state index is -0.0999. The van der Waals surface area contributed by atoms with E-state index in [1.165, 1.54) is 24.2 Å². The lowest BCUT2D eigenvalue weighted by Crippen LogP contribution is -2.32. The molecule has 1 amide bonds. The predicted molar refractivity (Wildman–Crippen MR) is 112 cm³/mol. The van der Waals surface area contributed by atoms with Crippen LogP contribution < -0.4 is 5.32 Å². The summed E-state index contributed by atoms with van der Waals surface area (Å²) in [7, 11) is 0. The number of nitrogens with one attached hydrogen (secondary N) is 1. The third-order valence-corrected chi connectivity index (χ3v) is 5.92. The molecule has 1 saturated heterocycles. The van der Waals surface area contributed by atoms with Crippen LogP contribution in [0.4, 0.5) is 5.13 Å². The van der Waals surface area contributed by atoms with Gasteiger partial charge in [-0.25, -0.2) is 4.98 Å². The van der Waals surface area contributed by atoms with Gasteiger partial charge in [0.25, 0.3) is 0 Å². The molecular formula is C21H25N5O2S. The molecule has 0 bridgehead atoms. The summed E-state index contributed by atoms with van der Waals surface area (Å²) >= 11 is 1.47. The summed E-state index contributed by atoms with van der Waals surface area (Å²) < 4.78 is 5.65. The van der Waals surface area contributed by atoms with Crippen LogP contribution in [0.3, 0.4) is 0 Å². The van der Waals surface area contributed by atoms with Crippen molar-refractivity contribution in [3.8, 4) is 11.5 Å². The summed E-state index contributed by atoms with van der Waals surface area (Å²) in [5.74, 6) is 1.65. The number of thiazole rings is 1. The molecule has 29 heavy (non-hydrogen) atoms.